The van der Waals surface area contributed by atoms with E-state index in [9.17, 15) is 13.2 Å². The van der Waals surface area contributed by atoms with Crippen LogP contribution in [-0.2, 0) is 10.0 Å². The van der Waals surface area contributed by atoms with Crippen LogP contribution in [0.4, 0.5) is 5.69 Å². The van der Waals surface area contributed by atoms with Gasteiger partial charge in [-0.05, 0) is 49.6 Å². The lowest BCUT2D eigenvalue weighted by molar-refractivity contribution is 0.0724. The third kappa shape index (κ3) is 3.86. The average molecular weight is 369 g/mol. The molecule has 1 N–H and O–H groups in total. The molecule has 1 aliphatic heterocycles. The van der Waals surface area contributed by atoms with Crippen LogP contribution in [0.25, 0.3) is 0 Å². The van der Waals surface area contributed by atoms with Crippen molar-refractivity contribution in [1.82, 2.24) is 4.90 Å². The number of para-hydroxylation sites is 1. The van der Waals surface area contributed by atoms with Gasteiger partial charge >= 0.3 is 0 Å². The van der Waals surface area contributed by atoms with Gasteiger partial charge in [-0.15, -0.1) is 0 Å². The molecule has 0 aromatic heterocycles. The fourth-order valence-corrected chi connectivity index (χ4v) is 4.07. The Morgan fingerprint density at radius 2 is 1.77 bits per heavy atom. The van der Waals surface area contributed by atoms with Crippen molar-refractivity contribution in [2.45, 2.75) is 24.2 Å². The molecule has 1 heterocycles. The summed E-state index contributed by atoms with van der Waals surface area (Å²) in [6, 6.07) is 14.3. The minimum Gasteiger partial charge on any atom is -0.339 e. The highest BCUT2D eigenvalue weighted by atomic mass is 32.2. The van der Waals surface area contributed by atoms with Crippen LogP contribution in [0.3, 0.4) is 0 Å². The van der Waals surface area contributed by atoms with E-state index in [1.54, 1.807) is 29.2 Å². The predicted molar refractivity (Wildman–Crippen MR) is 98.2 cm³/mol. The topological polar surface area (TPSA) is 90.3 Å². The molecular weight excluding hydrogens is 350 g/mol. The number of likely N-dealkylation sites (tertiary alicyclic amines) is 1. The van der Waals surface area contributed by atoms with Crippen molar-refractivity contribution in [1.29, 1.82) is 5.26 Å². The van der Waals surface area contributed by atoms with E-state index in [4.69, 9.17) is 5.26 Å². The molecule has 1 saturated heterocycles. The van der Waals surface area contributed by atoms with Crippen molar-refractivity contribution in [3.05, 3.63) is 59.7 Å². The Morgan fingerprint density at radius 1 is 1.04 bits per heavy atom. The number of piperidine rings is 1. The largest absolute Gasteiger partial charge is 0.339 e. The van der Waals surface area contributed by atoms with Crippen LogP contribution in [0.5, 0.6) is 0 Å². The van der Waals surface area contributed by atoms with Crippen LogP contribution in [-0.4, -0.2) is 32.3 Å². The van der Waals surface area contributed by atoms with E-state index < -0.39 is 10.0 Å². The third-order valence-electron chi connectivity index (χ3n) is 4.33. The summed E-state index contributed by atoms with van der Waals surface area (Å²) in [4.78, 5) is 14.4. The highest BCUT2D eigenvalue weighted by Crippen LogP contribution is 2.21. The Morgan fingerprint density at radius 3 is 2.50 bits per heavy atom. The monoisotopic (exact) mass is 369 g/mol. The Balaban J connectivity index is 1.86. The van der Waals surface area contributed by atoms with Gasteiger partial charge in [0.2, 0.25) is 0 Å². The molecule has 6 nitrogen and oxygen atoms in total. The van der Waals surface area contributed by atoms with Gasteiger partial charge in [0.25, 0.3) is 15.9 Å². The zero-order valence-electron chi connectivity index (χ0n) is 14.2. The SMILES string of the molecule is N#Cc1ccccc1NS(=O)(=O)c1cccc(C(=O)N2CCCCC2)c1. The molecule has 1 aliphatic rings. The van der Waals surface area contributed by atoms with Crippen molar-refractivity contribution in [3.63, 3.8) is 0 Å². The molecule has 3 rings (SSSR count). The number of nitrogens with zero attached hydrogens (tertiary/aromatic N) is 2. The number of benzene rings is 2. The molecular formula is C19H19N3O3S. The van der Waals surface area contributed by atoms with Gasteiger partial charge in [0.15, 0.2) is 0 Å². The van der Waals surface area contributed by atoms with Crippen molar-refractivity contribution < 1.29 is 13.2 Å². The molecule has 1 amide bonds. The molecule has 0 atom stereocenters. The highest BCUT2D eigenvalue weighted by molar-refractivity contribution is 7.92. The van der Waals surface area contributed by atoms with E-state index in [0.29, 0.717) is 18.7 Å². The summed E-state index contributed by atoms with van der Waals surface area (Å²) in [7, 11) is -3.90. The quantitative estimate of drug-likeness (QED) is 0.897. The van der Waals surface area contributed by atoms with E-state index >= 15 is 0 Å². The maximum atomic E-state index is 12.7. The fourth-order valence-electron chi connectivity index (χ4n) is 2.95. The molecule has 26 heavy (non-hydrogen) atoms. The van der Waals surface area contributed by atoms with Crippen LogP contribution in [0.15, 0.2) is 53.4 Å². The van der Waals surface area contributed by atoms with Gasteiger partial charge in [-0.1, -0.05) is 18.2 Å². The molecule has 2 aromatic carbocycles. The van der Waals surface area contributed by atoms with Gasteiger partial charge in [0, 0.05) is 18.7 Å². The summed E-state index contributed by atoms with van der Waals surface area (Å²) in [5.41, 5.74) is 0.794. The maximum absolute atomic E-state index is 12.7. The number of amides is 1. The lowest BCUT2D eigenvalue weighted by Gasteiger charge is -2.26. The molecule has 0 unspecified atom stereocenters. The van der Waals surface area contributed by atoms with Crippen molar-refractivity contribution in [2.24, 2.45) is 0 Å². The molecule has 134 valence electrons. The first kappa shape index (κ1) is 18.0. The molecule has 0 spiro atoms. The van der Waals surface area contributed by atoms with Gasteiger partial charge in [0.05, 0.1) is 16.1 Å². The van der Waals surface area contributed by atoms with Crippen LogP contribution in [0.2, 0.25) is 0 Å². The van der Waals surface area contributed by atoms with Crippen molar-refractivity contribution in [2.75, 3.05) is 17.8 Å². The lowest BCUT2D eigenvalue weighted by atomic mass is 10.1. The molecule has 0 bridgehead atoms. The number of nitrogens with one attached hydrogen (secondary N) is 1. The third-order valence-corrected chi connectivity index (χ3v) is 5.69. The van der Waals surface area contributed by atoms with E-state index in [1.807, 2.05) is 6.07 Å². The second-order valence-electron chi connectivity index (χ2n) is 6.14. The van der Waals surface area contributed by atoms with Crippen LogP contribution < -0.4 is 4.72 Å². The summed E-state index contributed by atoms with van der Waals surface area (Å²) < 4.78 is 27.8. The van der Waals surface area contributed by atoms with Gasteiger partial charge in [-0.2, -0.15) is 5.26 Å². The van der Waals surface area contributed by atoms with E-state index in [1.165, 1.54) is 24.3 Å². The van der Waals surface area contributed by atoms with Crippen LogP contribution in [0, 0.1) is 11.3 Å². The summed E-state index contributed by atoms with van der Waals surface area (Å²) in [6.07, 6.45) is 3.05. The number of hydrogen-bond donors (Lipinski definition) is 1. The van der Waals surface area contributed by atoms with E-state index in [2.05, 4.69) is 4.72 Å². The molecule has 0 saturated carbocycles. The van der Waals surface area contributed by atoms with Gasteiger partial charge < -0.3 is 4.90 Å². The molecule has 2 aromatic rings. The van der Waals surface area contributed by atoms with Gasteiger partial charge in [-0.3, -0.25) is 9.52 Å². The van der Waals surface area contributed by atoms with Crippen molar-refractivity contribution >= 4 is 21.6 Å². The Kier molecular flexibility index (Phi) is 5.24. The number of hydrogen-bond acceptors (Lipinski definition) is 4. The Hall–Kier alpha value is -2.85. The molecule has 1 fully saturated rings. The number of carbonyl (C=O) groups is 1. The lowest BCUT2D eigenvalue weighted by Crippen LogP contribution is -2.35. The minimum absolute atomic E-state index is 0.00639. The van der Waals surface area contributed by atoms with Crippen LogP contribution in [0.1, 0.15) is 35.2 Å². The van der Waals surface area contributed by atoms with Crippen molar-refractivity contribution in [3.8, 4) is 6.07 Å². The number of anilines is 1. The summed E-state index contributed by atoms with van der Waals surface area (Å²) in [5, 5.41) is 9.11. The normalized spacial score (nSPS) is 14.5. The zero-order chi connectivity index (χ0) is 18.6. The first-order valence-corrected chi connectivity index (χ1v) is 9.91. The number of carbonyl (C=O) groups excluding carboxylic acids is 1. The maximum Gasteiger partial charge on any atom is 0.261 e. The zero-order valence-corrected chi connectivity index (χ0v) is 15.0. The van der Waals surface area contributed by atoms with Crippen LogP contribution >= 0.6 is 0 Å². The average Bonchev–Trinajstić information content (AvgIpc) is 2.68. The number of rotatable bonds is 4. The number of sulfonamides is 1. The van der Waals surface area contributed by atoms with Gasteiger partial charge in [0.1, 0.15) is 6.07 Å². The minimum atomic E-state index is -3.90. The Bertz CT molecular complexity index is 958. The Labute approximate surface area is 153 Å². The highest BCUT2D eigenvalue weighted by Gasteiger charge is 2.21. The fraction of sp³-hybridized carbons (Fsp3) is 0.263. The first-order chi connectivity index (χ1) is 12.5. The summed E-state index contributed by atoms with van der Waals surface area (Å²) >= 11 is 0. The predicted octanol–water partition coefficient (Wildman–Crippen LogP) is 2.99. The standard InChI is InChI=1S/C19H19N3O3S/c20-14-16-7-2-3-10-18(16)21-26(24,25)17-9-6-8-15(13-17)19(23)22-11-4-1-5-12-22/h2-3,6-10,13,21H,1,4-5,11-12H2. The van der Waals surface area contributed by atoms with Gasteiger partial charge in [-0.25, -0.2) is 8.42 Å². The van der Waals surface area contributed by atoms with E-state index in [-0.39, 0.29) is 22.1 Å². The molecule has 0 aliphatic carbocycles. The first-order valence-electron chi connectivity index (χ1n) is 8.42. The molecule has 0 radical (unpaired) electrons. The molecule has 7 heteroatoms. The number of nitriles is 1. The smallest absolute Gasteiger partial charge is 0.261 e. The summed E-state index contributed by atoms with van der Waals surface area (Å²) in [5.74, 6) is -0.154. The second kappa shape index (κ2) is 7.58. The summed E-state index contributed by atoms with van der Waals surface area (Å²) in [6.45, 7) is 1.40. The van der Waals surface area contributed by atoms with E-state index in [0.717, 1.165) is 19.3 Å². The second-order valence-corrected chi connectivity index (χ2v) is 7.83.